The molecule has 0 aromatic heterocycles. The lowest BCUT2D eigenvalue weighted by Crippen LogP contribution is -2.34. The highest BCUT2D eigenvalue weighted by Gasteiger charge is 2.37. The summed E-state index contributed by atoms with van der Waals surface area (Å²) >= 11 is 2.43. The Morgan fingerprint density at radius 3 is 2.29 bits per heavy atom. The van der Waals surface area contributed by atoms with Crippen LogP contribution in [-0.2, 0) is 12.0 Å². The molecule has 1 N–H and O–H groups in total. The molecule has 0 amide bonds. The second-order valence-electron chi connectivity index (χ2n) is 9.93. The zero-order valence-corrected chi connectivity index (χ0v) is 24.0. The van der Waals surface area contributed by atoms with Gasteiger partial charge in [-0.25, -0.2) is 0 Å². The molecule has 0 saturated carbocycles. The Morgan fingerprint density at radius 1 is 0.886 bits per heavy atom. The van der Waals surface area contributed by atoms with Crippen LogP contribution in [0.2, 0.25) is 0 Å². The zero-order chi connectivity index (χ0) is 25.3. The van der Waals surface area contributed by atoms with E-state index in [4.69, 9.17) is 9.47 Å². The van der Waals surface area contributed by atoms with Gasteiger partial charge in [-0.1, -0.05) is 70.2 Å². The quantitative estimate of drug-likeness (QED) is 0.164. The summed E-state index contributed by atoms with van der Waals surface area (Å²) in [6.07, 6.45) is 2.30. The number of halogens is 1. The summed E-state index contributed by atoms with van der Waals surface area (Å²) in [5.74, 6) is 2.96. The van der Waals surface area contributed by atoms with Crippen LogP contribution in [0, 0.1) is 15.4 Å². The fourth-order valence-electron chi connectivity index (χ4n) is 4.87. The molecule has 188 valence electrons. The SMILES string of the molecule is COc1ccccc1CNCCOc1cccc(C(CCC(C)C)(c2cccc(I)c2)C(C)C)c1. The molecule has 0 heterocycles. The molecule has 1 atom stereocenters. The molecule has 4 heteroatoms. The molecule has 3 aromatic rings. The van der Waals surface area contributed by atoms with Crippen molar-refractivity contribution in [1.82, 2.24) is 5.32 Å². The average Bonchev–Trinajstić information content (AvgIpc) is 2.84. The number of methoxy groups -OCH3 is 1. The molecule has 0 fully saturated rings. The van der Waals surface area contributed by atoms with E-state index < -0.39 is 0 Å². The Kier molecular flexibility index (Phi) is 10.5. The maximum Gasteiger partial charge on any atom is 0.123 e. The summed E-state index contributed by atoms with van der Waals surface area (Å²) in [7, 11) is 1.71. The smallest absolute Gasteiger partial charge is 0.123 e. The number of para-hydroxylation sites is 1. The molecular formula is C31H40INO2. The molecule has 0 aliphatic heterocycles. The lowest BCUT2D eigenvalue weighted by Gasteiger charge is -2.40. The van der Waals surface area contributed by atoms with Crippen LogP contribution in [0.4, 0.5) is 0 Å². The van der Waals surface area contributed by atoms with E-state index in [9.17, 15) is 0 Å². The van der Waals surface area contributed by atoms with Gasteiger partial charge in [0, 0.05) is 27.6 Å². The first-order chi connectivity index (χ1) is 16.9. The van der Waals surface area contributed by atoms with Crippen molar-refractivity contribution in [3.05, 3.63) is 93.1 Å². The van der Waals surface area contributed by atoms with Crippen LogP contribution in [-0.4, -0.2) is 20.3 Å². The van der Waals surface area contributed by atoms with Crippen LogP contribution in [0.15, 0.2) is 72.8 Å². The highest BCUT2D eigenvalue weighted by Crippen LogP contribution is 2.45. The molecule has 0 spiro atoms. The van der Waals surface area contributed by atoms with Gasteiger partial charge >= 0.3 is 0 Å². The second-order valence-corrected chi connectivity index (χ2v) is 11.2. The van der Waals surface area contributed by atoms with Gasteiger partial charge in [0.15, 0.2) is 0 Å². The molecule has 0 aliphatic carbocycles. The number of hydrogen-bond acceptors (Lipinski definition) is 3. The largest absolute Gasteiger partial charge is 0.496 e. The normalized spacial score (nSPS) is 13.1. The number of rotatable bonds is 13. The minimum atomic E-state index is -0.0487. The lowest BCUT2D eigenvalue weighted by molar-refractivity contribution is 0.303. The topological polar surface area (TPSA) is 30.5 Å². The van der Waals surface area contributed by atoms with Crippen LogP contribution in [0.3, 0.4) is 0 Å². The van der Waals surface area contributed by atoms with Crippen molar-refractivity contribution < 1.29 is 9.47 Å². The van der Waals surface area contributed by atoms with Gasteiger partial charge in [-0.05, 0) is 88.7 Å². The fraction of sp³-hybridized carbons (Fsp3) is 0.419. The maximum atomic E-state index is 6.21. The van der Waals surface area contributed by atoms with Crippen molar-refractivity contribution in [2.24, 2.45) is 11.8 Å². The third kappa shape index (κ3) is 7.23. The van der Waals surface area contributed by atoms with Gasteiger partial charge in [0.05, 0.1) is 7.11 Å². The fourth-order valence-corrected chi connectivity index (χ4v) is 5.41. The van der Waals surface area contributed by atoms with E-state index in [-0.39, 0.29) is 5.41 Å². The van der Waals surface area contributed by atoms with Gasteiger partial charge in [0.2, 0.25) is 0 Å². The number of ether oxygens (including phenoxy) is 2. The van der Waals surface area contributed by atoms with Gasteiger partial charge in [-0.15, -0.1) is 0 Å². The average molecular weight is 586 g/mol. The van der Waals surface area contributed by atoms with E-state index in [2.05, 4.69) is 110 Å². The Morgan fingerprint density at radius 2 is 1.60 bits per heavy atom. The standard InChI is InChI=1S/C31H40INO2/c1-23(2)16-17-31(24(3)4,26-11-8-13-28(32)20-26)27-12-9-14-29(21-27)35-19-18-33-22-25-10-6-7-15-30(25)34-5/h6-15,20-21,23-24,33H,16-19,22H2,1-5H3. The summed E-state index contributed by atoms with van der Waals surface area (Å²) in [4.78, 5) is 0. The van der Waals surface area contributed by atoms with Crippen LogP contribution in [0.1, 0.15) is 57.2 Å². The molecular weight excluding hydrogens is 545 g/mol. The molecule has 3 aromatic carbocycles. The van der Waals surface area contributed by atoms with Crippen LogP contribution >= 0.6 is 22.6 Å². The number of nitrogens with one attached hydrogen (secondary N) is 1. The van der Waals surface area contributed by atoms with Gasteiger partial charge in [0.1, 0.15) is 18.1 Å². The van der Waals surface area contributed by atoms with Crippen molar-refractivity contribution >= 4 is 22.6 Å². The first kappa shape index (κ1) is 27.5. The number of hydrogen-bond donors (Lipinski definition) is 1. The Bertz CT molecular complexity index is 1070. The molecule has 0 aliphatic rings. The van der Waals surface area contributed by atoms with Crippen molar-refractivity contribution in [2.45, 2.75) is 52.5 Å². The Labute approximate surface area is 225 Å². The molecule has 0 radical (unpaired) electrons. The molecule has 3 nitrogen and oxygen atoms in total. The summed E-state index contributed by atoms with van der Waals surface area (Å²) in [6.45, 7) is 11.5. The molecule has 0 saturated heterocycles. The van der Waals surface area contributed by atoms with Gasteiger partial charge in [-0.2, -0.15) is 0 Å². The summed E-state index contributed by atoms with van der Waals surface area (Å²) < 4.78 is 12.9. The first-order valence-electron chi connectivity index (χ1n) is 12.7. The van der Waals surface area contributed by atoms with E-state index in [0.717, 1.165) is 36.6 Å². The first-order valence-corrected chi connectivity index (χ1v) is 13.8. The van der Waals surface area contributed by atoms with Gasteiger partial charge in [-0.3, -0.25) is 0 Å². The van der Waals surface area contributed by atoms with Crippen molar-refractivity contribution in [2.75, 3.05) is 20.3 Å². The molecule has 1 unspecified atom stereocenters. The predicted octanol–water partition coefficient (Wildman–Crippen LogP) is 7.85. The van der Waals surface area contributed by atoms with Crippen LogP contribution < -0.4 is 14.8 Å². The highest BCUT2D eigenvalue weighted by atomic mass is 127. The van der Waals surface area contributed by atoms with Gasteiger partial charge < -0.3 is 14.8 Å². The maximum absolute atomic E-state index is 6.21. The van der Waals surface area contributed by atoms with E-state index in [1.807, 2.05) is 18.2 Å². The molecule has 35 heavy (non-hydrogen) atoms. The zero-order valence-electron chi connectivity index (χ0n) is 21.8. The van der Waals surface area contributed by atoms with Gasteiger partial charge in [0.25, 0.3) is 0 Å². The second kappa shape index (κ2) is 13.3. The Balaban J connectivity index is 1.75. The summed E-state index contributed by atoms with van der Waals surface area (Å²) in [5.41, 5.74) is 3.85. The van der Waals surface area contributed by atoms with Crippen molar-refractivity contribution in [1.29, 1.82) is 0 Å². The van der Waals surface area contributed by atoms with Crippen molar-refractivity contribution in [3.63, 3.8) is 0 Å². The van der Waals surface area contributed by atoms with Crippen molar-refractivity contribution in [3.8, 4) is 11.5 Å². The predicted molar refractivity (Wildman–Crippen MR) is 155 cm³/mol. The lowest BCUT2D eigenvalue weighted by atomic mass is 9.64. The third-order valence-corrected chi connectivity index (χ3v) is 7.52. The van der Waals surface area contributed by atoms with E-state index in [0.29, 0.717) is 18.4 Å². The molecule has 3 rings (SSSR count). The third-order valence-electron chi connectivity index (χ3n) is 6.85. The van der Waals surface area contributed by atoms with Crippen LogP contribution in [0.25, 0.3) is 0 Å². The van der Waals surface area contributed by atoms with E-state index in [1.165, 1.54) is 21.1 Å². The minimum Gasteiger partial charge on any atom is -0.496 e. The Hall–Kier alpha value is -2.05. The minimum absolute atomic E-state index is 0.0487. The number of benzene rings is 3. The summed E-state index contributed by atoms with van der Waals surface area (Å²) in [5, 5.41) is 3.47. The monoisotopic (exact) mass is 585 g/mol. The van der Waals surface area contributed by atoms with Crippen LogP contribution in [0.5, 0.6) is 11.5 Å². The highest BCUT2D eigenvalue weighted by molar-refractivity contribution is 14.1. The van der Waals surface area contributed by atoms with E-state index in [1.54, 1.807) is 7.11 Å². The summed E-state index contributed by atoms with van der Waals surface area (Å²) in [6, 6.07) is 25.9. The molecule has 0 bridgehead atoms. The van der Waals surface area contributed by atoms with E-state index >= 15 is 0 Å².